The molecule has 2 aromatic rings. The predicted molar refractivity (Wildman–Crippen MR) is 96.5 cm³/mol. The van der Waals surface area contributed by atoms with Crippen molar-refractivity contribution >= 4 is 10.9 Å². The number of benzene rings is 1. The van der Waals surface area contributed by atoms with E-state index in [1.165, 1.54) is 0 Å². The van der Waals surface area contributed by atoms with Crippen molar-refractivity contribution in [3.8, 4) is 5.75 Å². The molecule has 0 saturated carbocycles. The number of hydrogen-bond acceptors (Lipinski definition) is 5. The van der Waals surface area contributed by atoms with Crippen LogP contribution in [0.25, 0.3) is 10.9 Å². The van der Waals surface area contributed by atoms with Gasteiger partial charge in [0.15, 0.2) is 0 Å². The maximum absolute atomic E-state index is 11.2. The Hall–Kier alpha value is -1.69. The highest BCUT2D eigenvalue weighted by atomic mass is 16.5. The number of hydrogen-bond donors (Lipinski definition) is 2. The molecule has 3 aliphatic heterocycles. The molecule has 6 atom stereocenters. The Bertz CT molecular complexity index is 764. The molecule has 3 saturated heterocycles. The number of fused-ring (bicyclic) bond motifs is 4. The van der Waals surface area contributed by atoms with Gasteiger partial charge in [0.05, 0.1) is 24.8 Å². The van der Waals surface area contributed by atoms with Crippen molar-refractivity contribution in [2.75, 3.05) is 20.2 Å². The Morgan fingerprint density at radius 1 is 1.28 bits per heavy atom. The summed E-state index contributed by atoms with van der Waals surface area (Å²) in [5.41, 5.74) is 1.78. The number of piperidine rings is 3. The van der Waals surface area contributed by atoms with E-state index in [0.29, 0.717) is 11.8 Å². The van der Waals surface area contributed by atoms with Crippen molar-refractivity contribution in [3.05, 3.63) is 36.0 Å². The minimum atomic E-state index is -0.560. The standard InChI is InChI=1S/C20H26N2O3/c1-12(23)17-11-22-8-6-13(17)9-19(22)20(24)15-5-7-21-18-4-3-14(25-2)10-16(15)18/h3-5,7,10,12-13,17,19-20,23-24H,6,8-9,11H2,1-2H3/t12-,13-,17+,19-,20+/m0/s1. The summed E-state index contributed by atoms with van der Waals surface area (Å²) >= 11 is 0. The lowest BCUT2D eigenvalue weighted by Crippen LogP contribution is -2.57. The zero-order valence-corrected chi connectivity index (χ0v) is 14.8. The molecule has 5 nitrogen and oxygen atoms in total. The van der Waals surface area contributed by atoms with Gasteiger partial charge in [0.2, 0.25) is 0 Å². The van der Waals surface area contributed by atoms with E-state index < -0.39 is 6.10 Å². The zero-order valence-electron chi connectivity index (χ0n) is 14.8. The molecule has 1 aromatic heterocycles. The van der Waals surface area contributed by atoms with Crippen LogP contribution in [-0.2, 0) is 0 Å². The van der Waals surface area contributed by atoms with Crippen molar-refractivity contribution in [2.45, 2.75) is 38.0 Å². The molecule has 2 bridgehead atoms. The fourth-order valence-electron chi connectivity index (χ4n) is 4.72. The van der Waals surface area contributed by atoms with E-state index in [1.54, 1.807) is 13.3 Å². The minimum absolute atomic E-state index is 0.102. The van der Waals surface area contributed by atoms with Crippen LogP contribution in [-0.4, -0.2) is 52.4 Å². The van der Waals surface area contributed by atoms with Crippen LogP contribution in [0.4, 0.5) is 0 Å². The predicted octanol–water partition coefficient (Wildman–Crippen LogP) is 2.37. The fraction of sp³-hybridized carbons (Fsp3) is 0.550. The number of aliphatic hydroxyl groups excluding tert-OH is 2. The van der Waals surface area contributed by atoms with Crippen molar-refractivity contribution in [1.29, 1.82) is 0 Å². The molecule has 5 heteroatoms. The monoisotopic (exact) mass is 342 g/mol. The fourth-order valence-corrected chi connectivity index (χ4v) is 4.72. The normalized spacial score (nSPS) is 31.0. The molecular formula is C20H26N2O3. The van der Waals surface area contributed by atoms with Crippen molar-refractivity contribution in [3.63, 3.8) is 0 Å². The number of pyridine rings is 1. The van der Waals surface area contributed by atoms with Crippen LogP contribution in [0.3, 0.4) is 0 Å². The minimum Gasteiger partial charge on any atom is -0.497 e. The quantitative estimate of drug-likeness (QED) is 0.893. The van der Waals surface area contributed by atoms with Gasteiger partial charge in [-0.1, -0.05) is 0 Å². The third-order valence-electron chi connectivity index (χ3n) is 6.14. The van der Waals surface area contributed by atoms with Gasteiger partial charge >= 0.3 is 0 Å². The zero-order chi connectivity index (χ0) is 17.6. The SMILES string of the molecule is COc1ccc2nccc([C@@H](O)[C@@H]3C[C@@H]4CCN3C[C@@H]4[C@H](C)O)c2c1. The maximum Gasteiger partial charge on any atom is 0.119 e. The molecule has 0 radical (unpaired) electrons. The summed E-state index contributed by atoms with van der Waals surface area (Å²) < 4.78 is 5.34. The van der Waals surface area contributed by atoms with E-state index in [9.17, 15) is 10.2 Å². The molecule has 134 valence electrons. The molecule has 0 spiro atoms. The smallest absolute Gasteiger partial charge is 0.119 e. The van der Waals surface area contributed by atoms with Gasteiger partial charge in [0.25, 0.3) is 0 Å². The number of nitrogens with zero attached hydrogens (tertiary/aromatic N) is 2. The van der Waals surface area contributed by atoms with Crippen molar-refractivity contribution < 1.29 is 14.9 Å². The molecule has 0 amide bonds. The molecule has 0 aliphatic carbocycles. The first-order valence-corrected chi connectivity index (χ1v) is 9.11. The highest BCUT2D eigenvalue weighted by Gasteiger charge is 2.44. The van der Waals surface area contributed by atoms with E-state index in [4.69, 9.17) is 4.74 Å². The van der Waals surface area contributed by atoms with Gasteiger partial charge in [-0.25, -0.2) is 0 Å². The second-order valence-electron chi connectivity index (χ2n) is 7.48. The Morgan fingerprint density at radius 2 is 2.12 bits per heavy atom. The summed E-state index contributed by atoms with van der Waals surface area (Å²) in [7, 11) is 1.65. The summed E-state index contributed by atoms with van der Waals surface area (Å²) in [6, 6.07) is 7.80. The second kappa shape index (κ2) is 6.56. The highest BCUT2D eigenvalue weighted by Crippen LogP contribution is 2.42. The van der Waals surface area contributed by atoms with Crippen LogP contribution < -0.4 is 4.74 Å². The molecular weight excluding hydrogens is 316 g/mol. The largest absolute Gasteiger partial charge is 0.497 e. The van der Waals surface area contributed by atoms with Crippen LogP contribution in [0.2, 0.25) is 0 Å². The lowest BCUT2D eigenvalue weighted by molar-refractivity contribution is -0.0844. The Morgan fingerprint density at radius 3 is 2.80 bits per heavy atom. The van der Waals surface area contributed by atoms with E-state index in [0.717, 1.165) is 48.1 Å². The number of rotatable bonds is 4. The molecule has 4 heterocycles. The maximum atomic E-state index is 11.2. The van der Waals surface area contributed by atoms with E-state index in [-0.39, 0.29) is 12.1 Å². The Kier molecular flexibility index (Phi) is 4.40. The average Bonchev–Trinajstić information content (AvgIpc) is 2.66. The summed E-state index contributed by atoms with van der Waals surface area (Å²) in [6.07, 6.45) is 2.98. The first-order valence-electron chi connectivity index (χ1n) is 9.11. The van der Waals surface area contributed by atoms with Gasteiger partial charge < -0.3 is 14.9 Å². The average molecular weight is 342 g/mol. The first-order chi connectivity index (χ1) is 12.1. The van der Waals surface area contributed by atoms with Crippen molar-refractivity contribution in [2.24, 2.45) is 11.8 Å². The Labute approximate surface area is 148 Å². The summed E-state index contributed by atoms with van der Waals surface area (Å²) in [5.74, 6) is 1.59. The van der Waals surface area contributed by atoms with E-state index >= 15 is 0 Å². The van der Waals surface area contributed by atoms with Crippen LogP contribution in [0.15, 0.2) is 30.5 Å². The number of aliphatic hydroxyl groups is 2. The summed E-state index contributed by atoms with van der Waals surface area (Å²) in [4.78, 5) is 6.77. The van der Waals surface area contributed by atoms with Crippen molar-refractivity contribution in [1.82, 2.24) is 9.88 Å². The second-order valence-corrected chi connectivity index (χ2v) is 7.48. The van der Waals surface area contributed by atoms with Gasteiger partial charge in [0.1, 0.15) is 5.75 Å². The van der Waals surface area contributed by atoms with Gasteiger partial charge in [-0.2, -0.15) is 0 Å². The van der Waals surface area contributed by atoms with E-state index in [1.807, 2.05) is 31.2 Å². The molecule has 3 aliphatic rings. The topological polar surface area (TPSA) is 65.8 Å². The first kappa shape index (κ1) is 16.8. The van der Waals surface area contributed by atoms with Crippen LogP contribution in [0, 0.1) is 11.8 Å². The van der Waals surface area contributed by atoms with Gasteiger partial charge in [0, 0.05) is 30.1 Å². The van der Waals surface area contributed by atoms with Crippen LogP contribution in [0.5, 0.6) is 5.75 Å². The molecule has 1 aromatic carbocycles. The van der Waals surface area contributed by atoms with Crippen LogP contribution >= 0.6 is 0 Å². The molecule has 2 N–H and O–H groups in total. The van der Waals surface area contributed by atoms with Gasteiger partial charge in [-0.05, 0) is 62.1 Å². The molecule has 5 rings (SSSR count). The highest BCUT2D eigenvalue weighted by molar-refractivity contribution is 5.83. The number of aromatic nitrogens is 1. The van der Waals surface area contributed by atoms with Gasteiger partial charge in [-0.15, -0.1) is 0 Å². The summed E-state index contributed by atoms with van der Waals surface area (Å²) in [5, 5.41) is 22.2. The third-order valence-corrected chi connectivity index (χ3v) is 6.14. The number of ether oxygens (including phenoxy) is 1. The molecule has 1 unspecified atom stereocenters. The molecule has 3 fully saturated rings. The lowest BCUT2D eigenvalue weighted by Gasteiger charge is -2.52. The van der Waals surface area contributed by atoms with E-state index in [2.05, 4.69) is 9.88 Å². The van der Waals surface area contributed by atoms with Crippen LogP contribution in [0.1, 0.15) is 31.4 Å². The third kappa shape index (κ3) is 2.90. The summed E-state index contributed by atoms with van der Waals surface area (Å²) in [6.45, 7) is 3.76. The Balaban J connectivity index is 1.66. The number of methoxy groups -OCH3 is 1. The van der Waals surface area contributed by atoms with Gasteiger partial charge in [-0.3, -0.25) is 9.88 Å². The lowest BCUT2D eigenvalue weighted by atomic mass is 9.72. The molecule has 25 heavy (non-hydrogen) atoms.